The van der Waals surface area contributed by atoms with Crippen LogP contribution in [0.3, 0.4) is 0 Å². The van der Waals surface area contributed by atoms with E-state index in [0.29, 0.717) is 11.6 Å². The van der Waals surface area contributed by atoms with Gasteiger partial charge in [0.05, 0.1) is 10.6 Å². The third-order valence-corrected chi connectivity index (χ3v) is 9.56. The highest BCUT2D eigenvalue weighted by Gasteiger charge is 2.74. The maximum absolute atomic E-state index is 14.0. The molecule has 0 amide bonds. The van der Waals surface area contributed by atoms with Gasteiger partial charge in [-0.2, -0.15) is 0 Å². The molecule has 2 unspecified atom stereocenters. The fraction of sp³-hybridized carbons (Fsp3) is 0.429. The quantitative estimate of drug-likeness (QED) is 0.661. The van der Waals surface area contributed by atoms with E-state index in [4.69, 9.17) is 16.7 Å². The summed E-state index contributed by atoms with van der Waals surface area (Å²) < 4.78 is 29.5. The number of sulfonamides is 1. The summed E-state index contributed by atoms with van der Waals surface area (Å²) in [6.07, 6.45) is 3.85. The van der Waals surface area contributed by atoms with Crippen molar-refractivity contribution in [3.05, 3.63) is 60.2 Å². The van der Waals surface area contributed by atoms with Gasteiger partial charge in [-0.05, 0) is 55.4 Å². The fourth-order valence-electron chi connectivity index (χ4n) is 5.91. The van der Waals surface area contributed by atoms with Crippen LogP contribution < -0.4 is 4.31 Å². The number of hydrogen-bond acceptors (Lipinski definition) is 5. The molecule has 1 aliphatic carbocycles. The number of anilines is 1. The molecule has 2 aromatic carbocycles. The molecule has 2 aromatic rings. The Morgan fingerprint density at radius 3 is 2.62 bits per heavy atom. The van der Waals surface area contributed by atoms with Gasteiger partial charge in [0.2, 0.25) is 5.66 Å². The molecule has 6 nitrogen and oxygen atoms in total. The molecule has 2 bridgehead atoms. The predicted octanol–water partition coefficient (Wildman–Crippen LogP) is 4.50. The molecule has 150 valence electrons. The van der Waals surface area contributed by atoms with Gasteiger partial charge in [0.1, 0.15) is 10.9 Å². The molecule has 8 heteroatoms. The molecule has 0 N–H and O–H groups in total. The molecule has 6 rings (SSSR count). The Bertz CT molecular complexity index is 1120. The van der Waals surface area contributed by atoms with Gasteiger partial charge >= 0.3 is 0 Å². The van der Waals surface area contributed by atoms with E-state index in [2.05, 4.69) is 5.22 Å². The van der Waals surface area contributed by atoms with Crippen molar-refractivity contribution in [2.24, 2.45) is 16.3 Å². The van der Waals surface area contributed by atoms with Crippen molar-refractivity contribution in [2.45, 2.75) is 47.2 Å². The number of rotatable bonds is 2. The molecule has 4 atom stereocenters. The highest BCUT2D eigenvalue weighted by atomic mass is 35.5. The number of halogens is 1. The van der Waals surface area contributed by atoms with Crippen molar-refractivity contribution in [2.75, 3.05) is 10.8 Å². The summed E-state index contributed by atoms with van der Waals surface area (Å²) in [5, 5.41) is 10.7. The zero-order valence-electron chi connectivity index (χ0n) is 15.8. The highest BCUT2D eigenvalue weighted by molar-refractivity contribution is 7.93. The van der Waals surface area contributed by atoms with Gasteiger partial charge in [-0.3, -0.25) is 5.01 Å². The lowest BCUT2D eigenvalue weighted by molar-refractivity contribution is 0.0408. The van der Waals surface area contributed by atoms with Crippen LogP contribution in [0.5, 0.6) is 0 Å². The van der Waals surface area contributed by atoms with Gasteiger partial charge in [0.15, 0.2) is 0 Å². The molecule has 1 saturated heterocycles. The summed E-state index contributed by atoms with van der Waals surface area (Å²) in [5.74, 6) is 0.570. The number of alkyl halides is 1. The molecule has 3 heterocycles. The van der Waals surface area contributed by atoms with Crippen LogP contribution in [-0.4, -0.2) is 31.2 Å². The normalized spacial score (nSPS) is 34.7. The van der Waals surface area contributed by atoms with Gasteiger partial charge in [0.25, 0.3) is 10.0 Å². The molecular weight excluding hydrogens is 408 g/mol. The number of hydrogen-bond donors (Lipinski definition) is 0. The summed E-state index contributed by atoms with van der Waals surface area (Å²) in [6.45, 7) is 0.801. The van der Waals surface area contributed by atoms with Crippen molar-refractivity contribution in [3.63, 3.8) is 0 Å². The summed E-state index contributed by atoms with van der Waals surface area (Å²) >= 11 is 7.11. The molecule has 3 aliphatic heterocycles. The Labute approximate surface area is 175 Å². The van der Waals surface area contributed by atoms with Gasteiger partial charge in [0, 0.05) is 6.54 Å². The zero-order valence-corrected chi connectivity index (χ0v) is 17.4. The Kier molecular flexibility index (Phi) is 3.50. The van der Waals surface area contributed by atoms with E-state index in [1.165, 1.54) is 4.31 Å². The molecule has 0 aromatic heterocycles. The van der Waals surface area contributed by atoms with Crippen LogP contribution in [0, 0.1) is 5.92 Å². The van der Waals surface area contributed by atoms with Crippen molar-refractivity contribution in [3.8, 4) is 0 Å². The molecule has 29 heavy (non-hydrogen) atoms. The number of nitrogens with zero attached hydrogens (tertiary/aromatic N) is 4. The van der Waals surface area contributed by atoms with Gasteiger partial charge < -0.3 is 0 Å². The zero-order chi connectivity index (χ0) is 19.9. The number of para-hydroxylation sites is 1. The van der Waals surface area contributed by atoms with Crippen LogP contribution in [-0.2, 0) is 10.0 Å². The van der Waals surface area contributed by atoms with E-state index < -0.39 is 26.6 Å². The first-order valence-electron chi connectivity index (χ1n) is 10.0. The minimum atomic E-state index is -3.89. The summed E-state index contributed by atoms with van der Waals surface area (Å²) in [4.78, 5) is 0.246. The van der Waals surface area contributed by atoms with Gasteiger partial charge in [-0.25, -0.2) is 12.7 Å². The minimum Gasteiger partial charge on any atom is -0.268 e. The van der Waals surface area contributed by atoms with Crippen molar-refractivity contribution in [1.29, 1.82) is 0 Å². The molecule has 1 saturated carbocycles. The summed E-state index contributed by atoms with van der Waals surface area (Å²) in [6, 6.07) is 16.1. The molecule has 0 radical (unpaired) electrons. The van der Waals surface area contributed by atoms with E-state index in [9.17, 15) is 8.42 Å². The lowest BCUT2D eigenvalue weighted by Crippen LogP contribution is -2.67. The maximum Gasteiger partial charge on any atom is 0.266 e. The monoisotopic (exact) mass is 428 g/mol. The second kappa shape index (κ2) is 5.73. The first-order chi connectivity index (χ1) is 14.0. The molecule has 4 aliphatic rings. The summed E-state index contributed by atoms with van der Waals surface area (Å²) in [7, 11) is -3.89. The van der Waals surface area contributed by atoms with Gasteiger partial charge in [-0.15, -0.1) is 16.7 Å². The van der Waals surface area contributed by atoms with E-state index >= 15 is 0 Å². The first kappa shape index (κ1) is 17.7. The molecule has 2 fully saturated rings. The van der Waals surface area contributed by atoms with Crippen LogP contribution in [0.2, 0.25) is 0 Å². The lowest BCUT2D eigenvalue weighted by Gasteiger charge is -2.49. The minimum absolute atomic E-state index is 0.246. The van der Waals surface area contributed by atoms with Crippen LogP contribution in [0.1, 0.15) is 36.6 Å². The van der Waals surface area contributed by atoms with Crippen molar-refractivity contribution < 1.29 is 8.42 Å². The molecule has 2 spiro atoms. The average Bonchev–Trinajstić information content (AvgIpc) is 3.36. The standard InChI is InChI=1S/C21H21ClN4O2S/c22-19-17-8-4-5-9-18(17)26(29(27,28)16-6-2-1-3-7-16)21(19)20-12-10-15(14-20)11-13-25(20)24-23-21/h1-9,15,19H,10-14H2/t15-,19?,20-,21?/m0/s1. The molecular formula is C21H21ClN4O2S. The second-order valence-electron chi connectivity index (χ2n) is 8.47. The second-order valence-corrected chi connectivity index (χ2v) is 10.7. The Morgan fingerprint density at radius 2 is 1.79 bits per heavy atom. The van der Waals surface area contributed by atoms with Crippen LogP contribution >= 0.6 is 11.6 Å². The third kappa shape index (κ3) is 2.00. The largest absolute Gasteiger partial charge is 0.268 e. The van der Waals surface area contributed by atoms with E-state index in [0.717, 1.165) is 37.8 Å². The van der Waals surface area contributed by atoms with E-state index in [1.807, 2.05) is 35.3 Å². The topological polar surface area (TPSA) is 65.3 Å². The number of benzene rings is 2. The highest BCUT2D eigenvalue weighted by Crippen LogP contribution is 2.66. The first-order valence-corrected chi connectivity index (χ1v) is 11.9. The fourth-order valence-corrected chi connectivity index (χ4v) is 8.31. The summed E-state index contributed by atoms with van der Waals surface area (Å²) in [5.41, 5.74) is -0.246. The van der Waals surface area contributed by atoms with Crippen LogP contribution in [0.25, 0.3) is 0 Å². The van der Waals surface area contributed by atoms with Gasteiger partial charge in [-0.1, -0.05) is 41.6 Å². The average molecular weight is 429 g/mol. The Balaban J connectivity index is 1.63. The Morgan fingerprint density at radius 1 is 1.03 bits per heavy atom. The van der Waals surface area contributed by atoms with E-state index in [1.54, 1.807) is 24.3 Å². The number of fused-ring (bicyclic) bond motifs is 2. The lowest BCUT2D eigenvalue weighted by atomic mass is 9.77. The van der Waals surface area contributed by atoms with Crippen molar-refractivity contribution in [1.82, 2.24) is 5.01 Å². The van der Waals surface area contributed by atoms with E-state index in [-0.39, 0.29) is 4.90 Å². The SMILES string of the molecule is O=S(=O)(c1ccccc1)N1c2ccccc2C(Cl)C12N=NN1CC[C@@H]3CC[C@@]12C3. The predicted molar refractivity (Wildman–Crippen MR) is 110 cm³/mol. The maximum atomic E-state index is 14.0. The smallest absolute Gasteiger partial charge is 0.266 e. The van der Waals surface area contributed by atoms with Crippen LogP contribution in [0.15, 0.2) is 69.8 Å². The third-order valence-electron chi connectivity index (χ3n) is 7.20. The van der Waals surface area contributed by atoms with Crippen LogP contribution in [0.4, 0.5) is 5.69 Å². The Hall–Kier alpha value is -2.12. The number of piperidine rings is 1. The van der Waals surface area contributed by atoms with Crippen molar-refractivity contribution >= 4 is 27.3 Å².